The van der Waals surface area contributed by atoms with Crippen LogP contribution in [0.4, 0.5) is 4.79 Å². The molecule has 1 aliphatic carbocycles. The zero-order valence-electron chi connectivity index (χ0n) is 13.0. The molecular formula is C19H23NO2. The Kier molecular flexibility index (Phi) is 4.14. The first-order valence-corrected chi connectivity index (χ1v) is 7.82. The van der Waals surface area contributed by atoms with Gasteiger partial charge in [0.15, 0.2) is 0 Å². The number of carbonyl (C=O) groups is 1. The molecule has 116 valence electrons. The van der Waals surface area contributed by atoms with E-state index >= 15 is 0 Å². The third-order valence-corrected chi connectivity index (χ3v) is 4.32. The molecule has 1 N–H and O–H groups in total. The fraction of sp³-hybridized carbons (Fsp3) is 0.316. The summed E-state index contributed by atoms with van der Waals surface area (Å²) < 4.78 is 5.46. The molecule has 3 nitrogen and oxygen atoms in total. The molecule has 0 fully saturated rings. The van der Waals surface area contributed by atoms with Crippen molar-refractivity contribution in [3.63, 3.8) is 0 Å². The summed E-state index contributed by atoms with van der Waals surface area (Å²) in [5, 5.41) is 2.84. The summed E-state index contributed by atoms with van der Waals surface area (Å²) in [4.78, 5) is 11.9. The maximum Gasteiger partial charge on any atom is 0.407 e. The van der Waals surface area contributed by atoms with Crippen LogP contribution in [-0.2, 0) is 4.74 Å². The summed E-state index contributed by atoms with van der Waals surface area (Å²) in [5.41, 5.74) is 4.96. The first kappa shape index (κ1) is 14.6. The molecule has 0 bridgehead atoms. The first-order valence-electron chi connectivity index (χ1n) is 7.82. The highest BCUT2D eigenvalue weighted by molar-refractivity contribution is 5.79. The van der Waals surface area contributed by atoms with Crippen LogP contribution in [0.25, 0.3) is 11.1 Å². The van der Waals surface area contributed by atoms with Gasteiger partial charge in [0.05, 0.1) is 0 Å². The number of carbonyl (C=O) groups excluding carboxylic acids is 1. The third kappa shape index (κ3) is 2.71. The monoisotopic (exact) mass is 297 g/mol. The van der Waals surface area contributed by atoms with E-state index in [-0.39, 0.29) is 19.5 Å². The normalized spacial score (nSPS) is 14.1. The molecule has 1 aliphatic rings. The van der Waals surface area contributed by atoms with Crippen molar-refractivity contribution in [1.29, 1.82) is 0 Å². The number of ether oxygens (including phenoxy) is 1. The van der Waals surface area contributed by atoms with Crippen molar-refractivity contribution in [2.24, 2.45) is 0 Å². The predicted octanol–water partition coefficient (Wildman–Crippen LogP) is 4.57. The number of hydrogen-bond acceptors (Lipinski definition) is 2. The zero-order chi connectivity index (χ0) is 15.5. The largest absolute Gasteiger partial charge is 0.449 e. The summed E-state index contributed by atoms with van der Waals surface area (Å²) in [7, 11) is 0. The highest BCUT2D eigenvalue weighted by atomic mass is 16.5. The Morgan fingerprint density at radius 1 is 1.14 bits per heavy atom. The van der Waals surface area contributed by atoms with Crippen molar-refractivity contribution in [3.8, 4) is 11.1 Å². The van der Waals surface area contributed by atoms with Crippen LogP contribution in [0, 0.1) is 0 Å². The molecule has 1 amide bonds. The van der Waals surface area contributed by atoms with E-state index in [2.05, 4.69) is 41.7 Å². The summed E-state index contributed by atoms with van der Waals surface area (Å²) in [6.45, 7) is 4.38. The summed E-state index contributed by atoms with van der Waals surface area (Å²) >= 11 is 0. The average molecular weight is 297 g/mol. The van der Waals surface area contributed by atoms with E-state index in [0.29, 0.717) is 6.61 Å². The van der Waals surface area contributed by atoms with Crippen molar-refractivity contribution < 1.29 is 11.0 Å². The average Bonchev–Trinajstić information content (AvgIpc) is 2.87. The Labute approximate surface area is 132 Å². The lowest BCUT2D eigenvalue weighted by molar-refractivity contribution is 0.139. The predicted molar refractivity (Wildman–Crippen MR) is 90.1 cm³/mol. The van der Waals surface area contributed by atoms with Gasteiger partial charge in [0.2, 0.25) is 0 Å². The summed E-state index contributed by atoms with van der Waals surface area (Å²) in [5.74, 6) is 0.120. The van der Waals surface area contributed by atoms with Gasteiger partial charge in [-0.05, 0) is 35.6 Å². The molecule has 3 rings (SSSR count). The first-order chi connectivity index (χ1) is 10.7. The molecule has 1 unspecified atom stereocenters. The highest BCUT2D eigenvalue weighted by Gasteiger charge is 2.28. The molecule has 0 aliphatic heterocycles. The van der Waals surface area contributed by atoms with Crippen molar-refractivity contribution in [2.75, 3.05) is 6.61 Å². The fourth-order valence-corrected chi connectivity index (χ4v) is 2.94. The van der Waals surface area contributed by atoms with Gasteiger partial charge in [0.25, 0.3) is 0 Å². The van der Waals surface area contributed by atoms with Crippen molar-refractivity contribution in [3.05, 3.63) is 59.7 Å². The zero-order valence-corrected chi connectivity index (χ0v) is 13.0. The minimum absolute atomic E-state index is 0. The van der Waals surface area contributed by atoms with Crippen LogP contribution in [0.15, 0.2) is 48.5 Å². The standard InChI is InChI=1S/C19H21NO2.H2/c1-3-13(2)20-19(21)22-12-18-16-10-6-4-8-14(16)15-9-5-7-11-17(15)18;/h4-11,13,18H,3,12H2,1-2H3,(H,20,21);1H. The van der Waals surface area contributed by atoms with Gasteiger partial charge in [-0.1, -0.05) is 55.5 Å². The van der Waals surface area contributed by atoms with Crippen LogP contribution in [0.3, 0.4) is 0 Å². The Morgan fingerprint density at radius 2 is 1.68 bits per heavy atom. The smallest absolute Gasteiger partial charge is 0.407 e. The molecule has 3 heteroatoms. The Bertz CT molecular complexity index is 641. The number of amides is 1. The fourth-order valence-electron chi connectivity index (χ4n) is 2.94. The minimum Gasteiger partial charge on any atom is -0.449 e. The highest BCUT2D eigenvalue weighted by Crippen LogP contribution is 2.44. The maximum absolute atomic E-state index is 11.9. The van der Waals surface area contributed by atoms with Crippen LogP contribution in [0.1, 0.15) is 38.7 Å². The molecule has 2 aromatic rings. The van der Waals surface area contributed by atoms with Gasteiger partial charge in [-0.2, -0.15) is 0 Å². The minimum atomic E-state index is -0.337. The van der Waals surface area contributed by atoms with Crippen molar-refractivity contribution >= 4 is 6.09 Å². The topological polar surface area (TPSA) is 38.3 Å². The van der Waals surface area contributed by atoms with Gasteiger partial charge in [0, 0.05) is 13.4 Å². The molecule has 0 radical (unpaired) electrons. The number of rotatable bonds is 4. The van der Waals surface area contributed by atoms with E-state index in [0.717, 1.165) is 6.42 Å². The molecular weight excluding hydrogens is 274 g/mol. The summed E-state index contributed by atoms with van der Waals surface area (Å²) in [6.07, 6.45) is 0.556. The van der Waals surface area contributed by atoms with Gasteiger partial charge < -0.3 is 10.1 Å². The van der Waals surface area contributed by atoms with Crippen molar-refractivity contribution in [2.45, 2.75) is 32.2 Å². The van der Waals surface area contributed by atoms with Crippen LogP contribution in [0.2, 0.25) is 0 Å². The lowest BCUT2D eigenvalue weighted by Crippen LogP contribution is -2.33. The molecule has 2 aromatic carbocycles. The number of alkyl carbamates (subject to hydrolysis) is 1. The number of hydrogen-bond donors (Lipinski definition) is 1. The second-order valence-electron chi connectivity index (χ2n) is 5.78. The van der Waals surface area contributed by atoms with Gasteiger partial charge in [-0.15, -0.1) is 0 Å². The van der Waals surface area contributed by atoms with E-state index in [1.54, 1.807) is 0 Å². The van der Waals surface area contributed by atoms with E-state index < -0.39 is 0 Å². The molecule has 0 aromatic heterocycles. The van der Waals surface area contributed by atoms with Crippen LogP contribution < -0.4 is 5.32 Å². The second kappa shape index (κ2) is 6.22. The van der Waals surface area contributed by atoms with Crippen LogP contribution >= 0.6 is 0 Å². The molecule has 1 atom stereocenters. The Hall–Kier alpha value is -2.29. The molecule has 22 heavy (non-hydrogen) atoms. The Morgan fingerprint density at radius 3 is 2.23 bits per heavy atom. The lowest BCUT2D eigenvalue weighted by Gasteiger charge is -2.16. The summed E-state index contributed by atoms with van der Waals surface area (Å²) in [6, 6.07) is 16.8. The van der Waals surface area contributed by atoms with E-state index in [1.807, 2.05) is 26.0 Å². The molecule has 0 saturated carbocycles. The second-order valence-corrected chi connectivity index (χ2v) is 5.78. The van der Waals surface area contributed by atoms with E-state index in [4.69, 9.17) is 4.74 Å². The van der Waals surface area contributed by atoms with Crippen LogP contribution in [-0.4, -0.2) is 18.7 Å². The van der Waals surface area contributed by atoms with E-state index in [1.165, 1.54) is 22.3 Å². The lowest BCUT2D eigenvalue weighted by atomic mass is 9.98. The van der Waals surface area contributed by atoms with Crippen LogP contribution in [0.5, 0.6) is 0 Å². The SMILES string of the molecule is CCC(C)NC(=O)OCC1c2ccccc2-c2ccccc21.[HH]. The maximum atomic E-state index is 11.9. The van der Waals surface area contributed by atoms with Gasteiger partial charge in [0.1, 0.15) is 6.61 Å². The number of nitrogens with one attached hydrogen (secondary N) is 1. The molecule has 0 saturated heterocycles. The Balaban J connectivity index is 0.00000192. The molecule has 0 heterocycles. The van der Waals surface area contributed by atoms with Gasteiger partial charge >= 0.3 is 6.09 Å². The van der Waals surface area contributed by atoms with Gasteiger partial charge in [-0.3, -0.25) is 0 Å². The third-order valence-electron chi connectivity index (χ3n) is 4.32. The number of fused-ring (bicyclic) bond motifs is 3. The number of benzene rings is 2. The van der Waals surface area contributed by atoms with E-state index in [9.17, 15) is 4.79 Å². The van der Waals surface area contributed by atoms with Gasteiger partial charge in [-0.25, -0.2) is 4.79 Å². The molecule has 0 spiro atoms. The quantitative estimate of drug-likeness (QED) is 0.897. The van der Waals surface area contributed by atoms with Crippen molar-refractivity contribution in [1.82, 2.24) is 5.32 Å².